The molecule has 0 radical (unpaired) electrons. The van der Waals surface area contributed by atoms with Crippen molar-refractivity contribution >= 4 is 21.9 Å². The van der Waals surface area contributed by atoms with Gasteiger partial charge in [0.2, 0.25) is 0 Å². The number of ether oxygens (including phenoxy) is 1. The van der Waals surface area contributed by atoms with Gasteiger partial charge in [0.25, 0.3) is 0 Å². The third-order valence-corrected chi connectivity index (χ3v) is 6.79. The van der Waals surface area contributed by atoms with Gasteiger partial charge in [-0.05, 0) is 45.4 Å². The summed E-state index contributed by atoms with van der Waals surface area (Å²) in [4.78, 5) is 14.2. The topological polar surface area (TPSA) is 30.7 Å². The fraction of sp³-hybridized carbons (Fsp3) is 0.933. The average molecular weight is 331 g/mol. The number of esters is 1. The van der Waals surface area contributed by atoms with Crippen LogP contribution in [0.2, 0.25) is 0 Å². The van der Waals surface area contributed by atoms with Gasteiger partial charge >= 0.3 is 5.97 Å². The Balaban J connectivity index is 1.53. The summed E-state index contributed by atoms with van der Waals surface area (Å²) >= 11 is 3.52. The van der Waals surface area contributed by atoms with E-state index < -0.39 is 0 Å². The molecule has 2 aliphatic heterocycles. The number of hydrogen-bond donors (Lipinski definition) is 1. The Kier molecular flexibility index (Phi) is 3.91. The molecule has 1 saturated carbocycles. The summed E-state index contributed by atoms with van der Waals surface area (Å²) in [7, 11) is 0. The molecule has 1 N–H and O–H groups in total. The summed E-state index contributed by atoms with van der Waals surface area (Å²) in [6.07, 6.45) is 7.54. The van der Waals surface area contributed by atoms with Gasteiger partial charge in [0.1, 0.15) is 0 Å². The molecular formula is C15H25BrNO2+. The lowest BCUT2D eigenvalue weighted by Gasteiger charge is -2.41. The second-order valence-electron chi connectivity index (χ2n) is 6.85. The quantitative estimate of drug-likeness (QED) is 0.628. The van der Waals surface area contributed by atoms with Crippen molar-refractivity contribution in [1.29, 1.82) is 0 Å². The maximum Gasteiger partial charge on any atom is 0.312 e. The lowest BCUT2D eigenvalue weighted by atomic mass is 9.84. The number of quaternary nitrogens is 1. The highest BCUT2D eigenvalue weighted by molar-refractivity contribution is 9.09. The van der Waals surface area contributed by atoms with E-state index in [4.69, 9.17) is 4.74 Å². The van der Waals surface area contributed by atoms with E-state index in [2.05, 4.69) is 15.9 Å². The van der Waals surface area contributed by atoms with E-state index in [-0.39, 0.29) is 11.4 Å². The molecule has 19 heavy (non-hydrogen) atoms. The standard InChI is InChI=1S/C15H24BrNO2/c1-15(9-13(15)16)14(18)19-10-11-5-4-8-17-7-3-2-6-12(11)17/h11-13H,2-10H2,1H3/p+1/t11-,12-,13+,15+/m1/s1. The zero-order valence-electron chi connectivity index (χ0n) is 11.8. The minimum Gasteiger partial charge on any atom is -0.465 e. The van der Waals surface area contributed by atoms with Crippen LogP contribution >= 0.6 is 15.9 Å². The van der Waals surface area contributed by atoms with Crippen molar-refractivity contribution in [3.63, 3.8) is 0 Å². The van der Waals surface area contributed by atoms with E-state index >= 15 is 0 Å². The fourth-order valence-electron chi connectivity index (χ4n) is 3.85. The van der Waals surface area contributed by atoms with Crippen molar-refractivity contribution in [1.82, 2.24) is 0 Å². The summed E-state index contributed by atoms with van der Waals surface area (Å²) in [6.45, 7) is 5.32. The molecule has 5 atom stereocenters. The van der Waals surface area contributed by atoms with Crippen LogP contribution < -0.4 is 4.90 Å². The van der Waals surface area contributed by atoms with Crippen LogP contribution in [-0.2, 0) is 9.53 Å². The Morgan fingerprint density at radius 1 is 1.32 bits per heavy atom. The Labute approximate surface area is 124 Å². The van der Waals surface area contributed by atoms with Crippen molar-refractivity contribution in [3.8, 4) is 0 Å². The van der Waals surface area contributed by atoms with Gasteiger partial charge in [-0.25, -0.2) is 0 Å². The monoisotopic (exact) mass is 330 g/mol. The molecular weight excluding hydrogens is 306 g/mol. The van der Waals surface area contributed by atoms with Crippen molar-refractivity contribution in [2.75, 3.05) is 19.7 Å². The normalized spacial score (nSPS) is 45.4. The van der Waals surface area contributed by atoms with Crippen LogP contribution in [-0.4, -0.2) is 36.5 Å². The molecule has 0 spiro atoms. The molecule has 2 heterocycles. The molecule has 1 unspecified atom stereocenters. The smallest absolute Gasteiger partial charge is 0.312 e. The van der Waals surface area contributed by atoms with Crippen LogP contribution in [0.15, 0.2) is 0 Å². The van der Waals surface area contributed by atoms with Crippen molar-refractivity contribution < 1.29 is 14.4 Å². The Bertz CT molecular complexity index is 360. The van der Waals surface area contributed by atoms with Crippen LogP contribution in [0.25, 0.3) is 0 Å². The Morgan fingerprint density at radius 2 is 2.05 bits per heavy atom. The number of alkyl halides is 1. The molecule has 3 aliphatic rings. The number of halogens is 1. The van der Waals surface area contributed by atoms with Gasteiger partial charge in [-0.2, -0.15) is 0 Å². The predicted molar refractivity (Wildman–Crippen MR) is 77.5 cm³/mol. The van der Waals surface area contributed by atoms with Crippen LogP contribution in [0.3, 0.4) is 0 Å². The summed E-state index contributed by atoms with van der Waals surface area (Å²) < 4.78 is 5.65. The SMILES string of the molecule is C[C@]1(C(=O)OC[C@H]2CCC[NH+]3CCCC[C@H]23)C[C@@H]1Br. The van der Waals surface area contributed by atoms with Gasteiger partial charge in [-0.3, -0.25) is 4.79 Å². The van der Waals surface area contributed by atoms with Crippen LogP contribution in [0.1, 0.15) is 45.4 Å². The first-order valence-corrected chi connectivity index (χ1v) is 8.69. The highest BCUT2D eigenvalue weighted by atomic mass is 79.9. The molecule has 0 aromatic heterocycles. The highest BCUT2D eigenvalue weighted by Crippen LogP contribution is 2.52. The molecule has 3 nitrogen and oxygen atoms in total. The molecule has 3 fully saturated rings. The van der Waals surface area contributed by atoms with E-state index in [1.54, 1.807) is 4.90 Å². The van der Waals surface area contributed by atoms with Gasteiger partial charge in [0, 0.05) is 10.7 Å². The third kappa shape index (κ3) is 2.71. The Morgan fingerprint density at radius 3 is 2.79 bits per heavy atom. The largest absolute Gasteiger partial charge is 0.465 e. The van der Waals surface area contributed by atoms with Gasteiger partial charge in [0.15, 0.2) is 0 Å². The highest BCUT2D eigenvalue weighted by Gasteiger charge is 2.56. The number of nitrogens with one attached hydrogen (secondary N) is 1. The molecule has 0 bridgehead atoms. The van der Waals surface area contributed by atoms with Crippen molar-refractivity contribution in [2.45, 2.75) is 56.3 Å². The maximum atomic E-state index is 12.1. The number of fused-ring (bicyclic) bond motifs is 1. The number of carbonyl (C=O) groups excluding carboxylic acids is 1. The lowest BCUT2D eigenvalue weighted by Crippen LogP contribution is -3.18. The van der Waals surface area contributed by atoms with E-state index in [1.165, 1.54) is 45.2 Å². The van der Waals surface area contributed by atoms with E-state index in [9.17, 15) is 4.79 Å². The van der Waals surface area contributed by atoms with Crippen LogP contribution in [0, 0.1) is 11.3 Å². The molecule has 0 aromatic rings. The molecule has 108 valence electrons. The molecule has 0 aromatic carbocycles. The summed E-state index contributed by atoms with van der Waals surface area (Å²) in [5.74, 6) is 0.612. The second kappa shape index (κ2) is 5.36. The van der Waals surface area contributed by atoms with Crippen molar-refractivity contribution in [2.24, 2.45) is 11.3 Å². The molecule has 1 aliphatic carbocycles. The van der Waals surface area contributed by atoms with Crippen molar-refractivity contribution in [3.05, 3.63) is 0 Å². The van der Waals surface area contributed by atoms with E-state index in [0.717, 1.165) is 12.5 Å². The molecule has 3 rings (SSSR count). The summed E-state index contributed by atoms with van der Waals surface area (Å²) in [5.41, 5.74) is -0.242. The summed E-state index contributed by atoms with van der Waals surface area (Å²) in [5, 5.41) is 0. The lowest BCUT2D eigenvalue weighted by molar-refractivity contribution is -0.940. The molecule has 4 heteroatoms. The number of rotatable bonds is 3. The maximum absolute atomic E-state index is 12.1. The number of carbonyl (C=O) groups is 1. The number of hydrogen-bond acceptors (Lipinski definition) is 2. The minimum absolute atomic E-state index is 0.0114. The third-order valence-electron chi connectivity index (χ3n) is 5.46. The van der Waals surface area contributed by atoms with Crippen LogP contribution in [0.5, 0.6) is 0 Å². The zero-order chi connectivity index (χ0) is 13.5. The van der Waals surface area contributed by atoms with E-state index in [0.29, 0.717) is 17.4 Å². The van der Waals surface area contributed by atoms with Crippen LogP contribution in [0.4, 0.5) is 0 Å². The van der Waals surface area contributed by atoms with Gasteiger partial charge < -0.3 is 9.64 Å². The van der Waals surface area contributed by atoms with E-state index in [1.807, 2.05) is 6.92 Å². The number of piperidine rings is 2. The molecule has 2 saturated heterocycles. The fourth-order valence-corrected chi connectivity index (χ4v) is 4.71. The molecule has 0 amide bonds. The summed E-state index contributed by atoms with van der Waals surface area (Å²) in [6, 6.07) is 0.752. The minimum atomic E-state index is -0.242. The first kappa shape index (κ1) is 13.9. The Hall–Kier alpha value is -0.0900. The first-order valence-electron chi connectivity index (χ1n) is 7.77. The van der Waals surface area contributed by atoms with Gasteiger partial charge in [-0.1, -0.05) is 15.9 Å². The predicted octanol–water partition coefficient (Wildman–Crippen LogP) is 1.55. The first-order chi connectivity index (χ1) is 9.11. The van der Waals surface area contributed by atoms with Gasteiger partial charge in [-0.15, -0.1) is 0 Å². The zero-order valence-corrected chi connectivity index (χ0v) is 13.4. The average Bonchev–Trinajstić information content (AvgIpc) is 3.05. The second-order valence-corrected chi connectivity index (χ2v) is 7.96. The van der Waals surface area contributed by atoms with Gasteiger partial charge in [0.05, 0.1) is 31.2 Å².